The lowest BCUT2D eigenvalue weighted by atomic mass is 9.75. The standard InChI is InChI=1S/C15H27NO4/c1-5-6-15(13(18)19)7-9-16(10-8-15)12(17)11-20-14(2,3)4/h5-11H2,1-4H3,(H,18,19). The predicted octanol–water partition coefficient (Wildman–Crippen LogP) is 2.29. The van der Waals surface area contributed by atoms with Gasteiger partial charge in [0.2, 0.25) is 5.91 Å². The summed E-state index contributed by atoms with van der Waals surface area (Å²) < 4.78 is 5.48. The minimum Gasteiger partial charge on any atom is -0.481 e. The van der Waals surface area contributed by atoms with Gasteiger partial charge in [-0.05, 0) is 40.0 Å². The van der Waals surface area contributed by atoms with Crippen molar-refractivity contribution in [1.29, 1.82) is 0 Å². The molecule has 0 spiro atoms. The second kappa shape index (κ2) is 6.57. The molecule has 0 bridgehead atoms. The Morgan fingerprint density at radius 1 is 1.25 bits per heavy atom. The molecule has 0 aliphatic carbocycles. The molecule has 0 aromatic heterocycles. The molecule has 0 aromatic carbocycles. The van der Waals surface area contributed by atoms with Gasteiger partial charge in [-0.25, -0.2) is 0 Å². The third-order valence-corrected chi connectivity index (χ3v) is 3.88. The van der Waals surface area contributed by atoms with Crippen LogP contribution in [0.3, 0.4) is 0 Å². The van der Waals surface area contributed by atoms with Gasteiger partial charge in [0.1, 0.15) is 6.61 Å². The van der Waals surface area contributed by atoms with Crippen LogP contribution >= 0.6 is 0 Å². The summed E-state index contributed by atoms with van der Waals surface area (Å²) in [4.78, 5) is 25.2. The Morgan fingerprint density at radius 2 is 1.80 bits per heavy atom. The van der Waals surface area contributed by atoms with E-state index in [9.17, 15) is 14.7 Å². The van der Waals surface area contributed by atoms with Crippen LogP contribution in [0, 0.1) is 5.41 Å². The van der Waals surface area contributed by atoms with Gasteiger partial charge in [-0.2, -0.15) is 0 Å². The van der Waals surface area contributed by atoms with E-state index in [1.807, 2.05) is 27.7 Å². The highest BCUT2D eigenvalue weighted by atomic mass is 16.5. The van der Waals surface area contributed by atoms with Gasteiger partial charge in [0.05, 0.1) is 11.0 Å². The second-order valence-electron chi connectivity index (χ2n) is 6.62. The zero-order valence-corrected chi connectivity index (χ0v) is 13.1. The molecule has 1 heterocycles. The molecule has 116 valence electrons. The maximum Gasteiger partial charge on any atom is 0.309 e. The fourth-order valence-corrected chi connectivity index (χ4v) is 2.60. The summed E-state index contributed by atoms with van der Waals surface area (Å²) in [6.45, 7) is 8.82. The first kappa shape index (κ1) is 17.0. The maximum atomic E-state index is 12.0. The molecule has 0 aromatic rings. The van der Waals surface area contributed by atoms with Gasteiger partial charge >= 0.3 is 5.97 Å². The van der Waals surface area contributed by atoms with Crippen molar-refractivity contribution in [3.63, 3.8) is 0 Å². The molecule has 1 saturated heterocycles. The SMILES string of the molecule is CCCC1(C(=O)O)CCN(C(=O)COC(C)(C)C)CC1. The van der Waals surface area contributed by atoms with Gasteiger partial charge in [0, 0.05) is 13.1 Å². The number of piperidine rings is 1. The lowest BCUT2D eigenvalue weighted by Gasteiger charge is -2.39. The molecule has 0 unspecified atom stereocenters. The van der Waals surface area contributed by atoms with E-state index in [0.717, 1.165) is 6.42 Å². The molecule has 5 nitrogen and oxygen atoms in total. The minimum atomic E-state index is -0.725. The van der Waals surface area contributed by atoms with E-state index in [0.29, 0.717) is 32.4 Å². The van der Waals surface area contributed by atoms with Gasteiger partial charge in [-0.3, -0.25) is 9.59 Å². The van der Waals surface area contributed by atoms with Gasteiger partial charge < -0.3 is 14.7 Å². The van der Waals surface area contributed by atoms with Crippen molar-refractivity contribution in [2.24, 2.45) is 5.41 Å². The Hall–Kier alpha value is -1.10. The first-order chi connectivity index (χ1) is 9.20. The number of aliphatic carboxylic acids is 1. The Kier molecular flexibility index (Phi) is 5.57. The third kappa shape index (κ3) is 4.47. The van der Waals surface area contributed by atoms with Crippen LogP contribution in [0.2, 0.25) is 0 Å². The predicted molar refractivity (Wildman–Crippen MR) is 76.5 cm³/mol. The van der Waals surface area contributed by atoms with Crippen LogP contribution in [0.25, 0.3) is 0 Å². The normalized spacial score (nSPS) is 18.9. The van der Waals surface area contributed by atoms with E-state index >= 15 is 0 Å². The van der Waals surface area contributed by atoms with Crippen molar-refractivity contribution in [2.45, 2.75) is 59.0 Å². The van der Waals surface area contributed by atoms with E-state index < -0.39 is 11.4 Å². The topological polar surface area (TPSA) is 66.8 Å². The van der Waals surface area contributed by atoms with Gasteiger partial charge in [-0.15, -0.1) is 0 Å². The number of carboxylic acid groups (broad SMARTS) is 1. The molecule has 0 saturated carbocycles. The van der Waals surface area contributed by atoms with Crippen molar-refractivity contribution in [3.05, 3.63) is 0 Å². The minimum absolute atomic E-state index is 0.0459. The summed E-state index contributed by atoms with van der Waals surface area (Å²) in [5.74, 6) is -0.771. The lowest BCUT2D eigenvalue weighted by molar-refractivity contribution is -0.156. The monoisotopic (exact) mass is 285 g/mol. The summed E-state index contributed by atoms with van der Waals surface area (Å²) in [6.07, 6.45) is 2.62. The molecule has 20 heavy (non-hydrogen) atoms. The van der Waals surface area contributed by atoms with Crippen molar-refractivity contribution in [3.8, 4) is 0 Å². The fraction of sp³-hybridized carbons (Fsp3) is 0.867. The average Bonchev–Trinajstić information content (AvgIpc) is 2.36. The smallest absolute Gasteiger partial charge is 0.309 e. The first-order valence-electron chi connectivity index (χ1n) is 7.35. The van der Waals surface area contributed by atoms with Crippen LogP contribution in [0.5, 0.6) is 0 Å². The summed E-state index contributed by atoms with van der Waals surface area (Å²) in [6, 6.07) is 0. The Morgan fingerprint density at radius 3 is 2.20 bits per heavy atom. The average molecular weight is 285 g/mol. The zero-order chi connectivity index (χ0) is 15.4. The molecule has 0 atom stereocenters. The molecular weight excluding hydrogens is 258 g/mol. The van der Waals surface area contributed by atoms with Crippen LogP contribution in [-0.4, -0.2) is 47.2 Å². The van der Waals surface area contributed by atoms with Crippen LogP contribution < -0.4 is 0 Å². The summed E-state index contributed by atoms with van der Waals surface area (Å²) in [5.41, 5.74) is -0.977. The quantitative estimate of drug-likeness (QED) is 0.841. The number of rotatable bonds is 5. The van der Waals surface area contributed by atoms with E-state index in [1.165, 1.54) is 0 Å². The summed E-state index contributed by atoms with van der Waals surface area (Å²) >= 11 is 0. The molecule has 1 rings (SSSR count). The van der Waals surface area contributed by atoms with E-state index in [-0.39, 0.29) is 18.1 Å². The molecule has 1 fully saturated rings. The highest BCUT2D eigenvalue weighted by Gasteiger charge is 2.41. The lowest BCUT2D eigenvalue weighted by Crippen LogP contribution is -2.48. The Bertz CT molecular complexity index is 351. The van der Waals surface area contributed by atoms with Gasteiger partial charge in [0.25, 0.3) is 0 Å². The van der Waals surface area contributed by atoms with Crippen molar-refractivity contribution < 1.29 is 19.4 Å². The van der Waals surface area contributed by atoms with Gasteiger partial charge in [-0.1, -0.05) is 13.3 Å². The Labute approximate surface area is 121 Å². The van der Waals surface area contributed by atoms with Crippen LogP contribution in [0.4, 0.5) is 0 Å². The maximum absolute atomic E-state index is 12.0. The van der Waals surface area contributed by atoms with Crippen molar-refractivity contribution >= 4 is 11.9 Å². The molecule has 1 N–H and O–H groups in total. The van der Waals surface area contributed by atoms with E-state index in [2.05, 4.69) is 0 Å². The largest absolute Gasteiger partial charge is 0.481 e. The number of likely N-dealkylation sites (tertiary alicyclic amines) is 1. The van der Waals surface area contributed by atoms with Crippen molar-refractivity contribution in [1.82, 2.24) is 4.90 Å². The fourth-order valence-electron chi connectivity index (χ4n) is 2.60. The summed E-state index contributed by atoms with van der Waals surface area (Å²) in [5, 5.41) is 9.43. The number of hydrogen-bond donors (Lipinski definition) is 1. The third-order valence-electron chi connectivity index (χ3n) is 3.88. The number of carboxylic acids is 1. The number of ether oxygens (including phenoxy) is 1. The number of carbonyl (C=O) groups excluding carboxylic acids is 1. The second-order valence-corrected chi connectivity index (χ2v) is 6.62. The molecule has 1 amide bonds. The highest BCUT2D eigenvalue weighted by Crippen LogP contribution is 2.36. The molecule has 1 aliphatic heterocycles. The van der Waals surface area contributed by atoms with Gasteiger partial charge in [0.15, 0.2) is 0 Å². The molecule has 1 aliphatic rings. The highest BCUT2D eigenvalue weighted by molar-refractivity contribution is 5.79. The van der Waals surface area contributed by atoms with E-state index in [1.54, 1.807) is 4.90 Å². The van der Waals surface area contributed by atoms with Crippen LogP contribution in [0.1, 0.15) is 53.4 Å². The first-order valence-corrected chi connectivity index (χ1v) is 7.35. The Balaban J connectivity index is 2.52. The molecule has 5 heteroatoms. The summed E-state index contributed by atoms with van der Waals surface area (Å²) in [7, 11) is 0. The van der Waals surface area contributed by atoms with Crippen LogP contribution in [0.15, 0.2) is 0 Å². The molecule has 0 radical (unpaired) electrons. The van der Waals surface area contributed by atoms with Crippen LogP contribution in [-0.2, 0) is 14.3 Å². The molecular formula is C15H27NO4. The number of hydrogen-bond acceptors (Lipinski definition) is 3. The zero-order valence-electron chi connectivity index (χ0n) is 13.1. The number of amides is 1. The van der Waals surface area contributed by atoms with E-state index in [4.69, 9.17) is 4.74 Å². The number of carbonyl (C=O) groups is 2. The van der Waals surface area contributed by atoms with Crippen molar-refractivity contribution in [2.75, 3.05) is 19.7 Å². The number of nitrogens with zero attached hydrogens (tertiary/aromatic N) is 1.